The first-order chi connectivity index (χ1) is 16.8. The number of nitro benzene ring substituents is 1. The van der Waals surface area contributed by atoms with Gasteiger partial charge in [0.1, 0.15) is 5.70 Å². The van der Waals surface area contributed by atoms with Crippen molar-refractivity contribution in [3.8, 4) is 0 Å². The van der Waals surface area contributed by atoms with Crippen molar-refractivity contribution in [3.05, 3.63) is 111 Å². The van der Waals surface area contributed by atoms with E-state index in [-0.39, 0.29) is 18.0 Å². The molecule has 0 bridgehead atoms. The van der Waals surface area contributed by atoms with Gasteiger partial charge < -0.3 is 15.4 Å². The molecule has 0 heterocycles. The van der Waals surface area contributed by atoms with Crippen molar-refractivity contribution in [2.75, 3.05) is 11.9 Å². The number of hydrogen-bond acceptors (Lipinski definition) is 6. The maximum atomic E-state index is 13.0. The third-order valence-corrected chi connectivity index (χ3v) is 4.88. The van der Waals surface area contributed by atoms with Crippen LogP contribution < -0.4 is 10.6 Å². The Hall–Kier alpha value is -4.79. The van der Waals surface area contributed by atoms with Crippen LogP contribution in [0, 0.1) is 17.0 Å². The molecule has 0 atom stereocenters. The van der Waals surface area contributed by atoms with Gasteiger partial charge in [-0.1, -0.05) is 17.7 Å². The first kappa shape index (κ1) is 24.8. The smallest absolute Gasteiger partial charge is 0.338 e. The molecule has 0 aliphatic carbocycles. The summed E-state index contributed by atoms with van der Waals surface area (Å²) in [5.41, 5.74) is 2.37. The lowest BCUT2D eigenvalue weighted by Gasteiger charge is -2.12. The fourth-order valence-corrected chi connectivity index (χ4v) is 3.02. The Morgan fingerprint density at radius 3 is 2.09 bits per heavy atom. The monoisotopic (exact) mass is 473 g/mol. The van der Waals surface area contributed by atoms with Crippen LogP contribution in [-0.4, -0.2) is 29.3 Å². The number of rotatable bonds is 8. The Bertz CT molecular complexity index is 1260. The van der Waals surface area contributed by atoms with Gasteiger partial charge in [-0.3, -0.25) is 19.7 Å². The average molecular weight is 473 g/mol. The maximum absolute atomic E-state index is 13.0. The quantitative estimate of drug-likeness (QED) is 0.215. The van der Waals surface area contributed by atoms with Gasteiger partial charge in [0, 0.05) is 23.4 Å². The van der Waals surface area contributed by atoms with E-state index < -0.39 is 22.7 Å². The molecular weight excluding hydrogens is 450 g/mol. The van der Waals surface area contributed by atoms with E-state index in [0.29, 0.717) is 22.4 Å². The highest BCUT2D eigenvalue weighted by molar-refractivity contribution is 6.10. The molecule has 9 heteroatoms. The molecule has 9 nitrogen and oxygen atoms in total. The average Bonchev–Trinajstić information content (AvgIpc) is 2.85. The number of anilines is 1. The summed E-state index contributed by atoms with van der Waals surface area (Å²) in [5.74, 6) is -1.59. The molecule has 0 aliphatic heterocycles. The number of nitrogens with zero attached hydrogens (tertiary/aromatic N) is 1. The molecule has 35 heavy (non-hydrogen) atoms. The van der Waals surface area contributed by atoms with E-state index in [1.807, 2.05) is 6.92 Å². The van der Waals surface area contributed by atoms with Crippen LogP contribution >= 0.6 is 0 Å². The molecule has 0 spiro atoms. The summed E-state index contributed by atoms with van der Waals surface area (Å²) in [7, 11) is 0. The zero-order valence-corrected chi connectivity index (χ0v) is 19.1. The molecule has 0 aromatic heterocycles. The number of ether oxygens (including phenoxy) is 1. The molecule has 0 saturated heterocycles. The Morgan fingerprint density at radius 2 is 1.51 bits per heavy atom. The van der Waals surface area contributed by atoms with E-state index in [2.05, 4.69) is 10.6 Å². The minimum atomic E-state index is -0.618. The van der Waals surface area contributed by atoms with Gasteiger partial charge >= 0.3 is 5.97 Å². The SMILES string of the molecule is CCOC(=O)c1ccc(NC(=O)/C(=C/c2ccc([N+](=O)[O-])cc2)NC(=O)c2ccc(C)cc2)cc1. The van der Waals surface area contributed by atoms with Gasteiger partial charge in [-0.25, -0.2) is 4.79 Å². The molecule has 0 saturated carbocycles. The fourth-order valence-electron chi connectivity index (χ4n) is 3.02. The zero-order chi connectivity index (χ0) is 25.4. The molecule has 3 aromatic rings. The maximum Gasteiger partial charge on any atom is 0.338 e. The van der Waals surface area contributed by atoms with Crippen molar-refractivity contribution in [1.29, 1.82) is 0 Å². The summed E-state index contributed by atoms with van der Waals surface area (Å²) in [6.45, 7) is 3.84. The van der Waals surface area contributed by atoms with Crippen LogP contribution in [0.3, 0.4) is 0 Å². The van der Waals surface area contributed by atoms with Crippen LogP contribution in [0.2, 0.25) is 0 Å². The van der Waals surface area contributed by atoms with Crippen LogP contribution in [0.25, 0.3) is 6.08 Å². The topological polar surface area (TPSA) is 128 Å². The van der Waals surface area contributed by atoms with E-state index in [1.54, 1.807) is 31.2 Å². The molecule has 0 radical (unpaired) electrons. The van der Waals surface area contributed by atoms with Crippen molar-refractivity contribution in [2.24, 2.45) is 0 Å². The van der Waals surface area contributed by atoms with Gasteiger partial charge in [-0.05, 0) is 74.0 Å². The van der Waals surface area contributed by atoms with E-state index >= 15 is 0 Å². The minimum absolute atomic E-state index is 0.0705. The highest BCUT2D eigenvalue weighted by Crippen LogP contribution is 2.16. The second-order valence-electron chi connectivity index (χ2n) is 7.48. The van der Waals surface area contributed by atoms with Crippen molar-refractivity contribution in [1.82, 2.24) is 5.32 Å². The minimum Gasteiger partial charge on any atom is -0.462 e. The van der Waals surface area contributed by atoms with Gasteiger partial charge in [0.15, 0.2) is 0 Å². The third kappa shape index (κ3) is 6.84. The second kappa shape index (κ2) is 11.4. The summed E-state index contributed by atoms with van der Waals surface area (Å²) in [4.78, 5) is 48.0. The molecule has 178 valence electrons. The van der Waals surface area contributed by atoms with Gasteiger partial charge in [0.05, 0.1) is 17.1 Å². The molecule has 2 amide bonds. The number of aryl methyl sites for hydroxylation is 1. The Morgan fingerprint density at radius 1 is 0.914 bits per heavy atom. The first-order valence-electron chi connectivity index (χ1n) is 10.7. The molecule has 3 aromatic carbocycles. The Labute approximate surface area is 201 Å². The van der Waals surface area contributed by atoms with Crippen molar-refractivity contribution in [3.63, 3.8) is 0 Å². The largest absolute Gasteiger partial charge is 0.462 e. The summed E-state index contributed by atoms with van der Waals surface area (Å²) in [6, 6.07) is 18.5. The number of amides is 2. The number of nitrogens with one attached hydrogen (secondary N) is 2. The first-order valence-corrected chi connectivity index (χ1v) is 10.7. The predicted octanol–water partition coefficient (Wildman–Crippen LogP) is 4.49. The second-order valence-corrected chi connectivity index (χ2v) is 7.48. The van der Waals surface area contributed by atoms with E-state index in [9.17, 15) is 24.5 Å². The van der Waals surface area contributed by atoms with Crippen molar-refractivity contribution >= 4 is 35.2 Å². The zero-order valence-electron chi connectivity index (χ0n) is 19.1. The molecule has 2 N–H and O–H groups in total. The van der Waals surface area contributed by atoms with E-state index in [4.69, 9.17) is 4.74 Å². The van der Waals surface area contributed by atoms with Crippen LogP contribution in [0.1, 0.15) is 38.8 Å². The number of non-ortho nitro benzene ring substituents is 1. The van der Waals surface area contributed by atoms with E-state index in [1.165, 1.54) is 54.6 Å². The predicted molar refractivity (Wildman–Crippen MR) is 131 cm³/mol. The lowest BCUT2D eigenvalue weighted by molar-refractivity contribution is -0.384. The van der Waals surface area contributed by atoms with Crippen molar-refractivity contribution in [2.45, 2.75) is 13.8 Å². The third-order valence-electron chi connectivity index (χ3n) is 4.88. The summed E-state index contributed by atoms with van der Waals surface area (Å²) >= 11 is 0. The number of nitro groups is 1. The number of carbonyl (C=O) groups excluding carboxylic acids is 3. The van der Waals surface area contributed by atoms with Gasteiger partial charge in [-0.15, -0.1) is 0 Å². The molecule has 0 fully saturated rings. The lowest BCUT2D eigenvalue weighted by Crippen LogP contribution is -2.30. The van der Waals surface area contributed by atoms with Gasteiger partial charge in [0.25, 0.3) is 17.5 Å². The summed E-state index contributed by atoms with van der Waals surface area (Å²) < 4.78 is 4.94. The Balaban J connectivity index is 1.85. The van der Waals surface area contributed by atoms with Crippen LogP contribution in [0.15, 0.2) is 78.5 Å². The number of hydrogen-bond donors (Lipinski definition) is 2. The van der Waals surface area contributed by atoms with Crippen LogP contribution in [0.4, 0.5) is 11.4 Å². The highest BCUT2D eigenvalue weighted by Gasteiger charge is 2.16. The molecule has 3 rings (SSSR count). The van der Waals surface area contributed by atoms with Crippen LogP contribution in [0.5, 0.6) is 0 Å². The number of benzene rings is 3. The highest BCUT2D eigenvalue weighted by atomic mass is 16.6. The number of esters is 1. The molecular formula is C26H23N3O6. The van der Waals surface area contributed by atoms with Crippen molar-refractivity contribution < 1.29 is 24.0 Å². The standard InChI is InChI=1S/C26H23N3O6/c1-3-35-26(32)20-10-12-21(13-11-20)27-25(31)23(16-18-6-14-22(15-7-18)29(33)34)28-24(30)19-8-4-17(2)5-9-19/h4-16H,3H2,1-2H3,(H,27,31)(H,28,30)/b23-16-. The van der Waals surface area contributed by atoms with Gasteiger partial charge in [0.2, 0.25) is 0 Å². The van der Waals surface area contributed by atoms with E-state index in [0.717, 1.165) is 5.56 Å². The fraction of sp³-hybridized carbons (Fsp3) is 0.115. The van der Waals surface area contributed by atoms with Crippen LogP contribution in [-0.2, 0) is 9.53 Å². The molecule has 0 aliphatic rings. The Kier molecular flexibility index (Phi) is 8.07. The lowest BCUT2D eigenvalue weighted by atomic mass is 10.1. The van der Waals surface area contributed by atoms with Gasteiger partial charge in [-0.2, -0.15) is 0 Å². The normalized spacial score (nSPS) is 10.9. The summed E-state index contributed by atoms with van der Waals surface area (Å²) in [5, 5.41) is 16.2. The number of carbonyl (C=O) groups is 3. The molecule has 0 unspecified atom stereocenters. The summed E-state index contributed by atoms with van der Waals surface area (Å²) in [6.07, 6.45) is 1.41.